The molecule has 0 aliphatic heterocycles. The molecule has 0 unspecified atom stereocenters. The number of fused-ring (bicyclic) bond motifs is 1. The highest BCUT2D eigenvalue weighted by atomic mass is 35.5. The van der Waals surface area contributed by atoms with Gasteiger partial charge in [0.2, 0.25) is 5.95 Å². The van der Waals surface area contributed by atoms with Gasteiger partial charge >= 0.3 is 5.97 Å². The van der Waals surface area contributed by atoms with E-state index in [9.17, 15) is 14.4 Å². The Bertz CT molecular complexity index is 1790. The molecular weight excluding hydrogens is 670 g/mol. The van der Waals surface area contributed by atoms with Crippen LogP contribution >= 0.6 is 11.6 Å². The lowest BCUT2D eigenvalue weighted by Gasteiger charge is -2.34. The predicted octanol–water partition coefficient (Wildman–Crippen LogP) is 8.52. The van der Waals surface area contributed by atoms with Crippen molar-refractivity contribution in [3.63, 3.8) is 0 Å². The third-order valence-electron chi connectivity index (χ3n) is 8.17. The largest absolute Gasteiger partial charge is 0.491 e. The number of nitrogens with zero attached hydrogens (tertiary/aromatic N) is 3. The Labute approximate surface area is 304 Å². The number of amides is 1. The fourth-order valence-corrected chi connectivity index (χ4v) is 7.90. The third-order valence-corrected chi connectivity index (χ3v) is 10.2. The predicted molar refractivity (Wildman–Crippen MR) is 208 cm³/mol. The maximum atomic E-state index is 14.2. The molecule has 50 heavy (non-hydrogen) atoms. The number of rotatable bonds is 13. The second-order valence-electron chi connectivity index (χ2n) is 18.6. The zero-order chi connectivity index (χ0) is 38.2. The Kier molecular flexibility index (Phi) is 12.1. The molecule has 2 N–H and O–H groups in total. The molecule has 12 heteroatoms. The van der Waals surface area contributed by atoms with Crippen molar-refractivity contribution in [3.8, 4) is 16.9 Å². The van der Waals surface area contributed by atoms with Crippen LogP contribution in [0.5, 0.6) is 5.75 Å². The van der Waals surface area contributed by atoms with Crippen LogP contribution in [-0.2, 0) is 23.1 Å². The number of hydrogen-bond acceptors (Lipinski definition) is 7. The number of carbonyl (C=O) groups is 2. The summed E-state index contributed by atoms with van der Waals surface area (Å²) in [5.74, 6) is -0.154. The summed E-state index contributed by atoms with van der Waals surface area (Å²) in [4.78, 5) is 45.8. The van der Waals surface area contributed by atoms with Gasteiger partial charge in [-0.2, -0.15) is 4.98 Å². The first-order chi connectivity index (χ1) is 22.6. The molecule has 0 radical (unpaired) electrons. The smallest absolute Gasteiger partial charge is 0.325 e. The van der Waals surface area contributed by atoms with Gasteiger partial charge in [-0.3, -0.25) is 19.0 Å². The summed E-state index contributed by atoms with van der Waals surface area (Å²) in [6.07, 6.45) is 3.24. The highest BCUT2D eigenvalue weighted by Gasteiger charge is 2.31. The lowest BCUT2D eigenvalue weighted by atomic mass is 9.81. The van der Waals surface area contributed by atoms with Crippen LogP contribution in [0.3, 0.4) is 0 Å². The minimum Gasteiger partial charge on any atom is -0.491 e. The van der Waals surface area contributed by atoms with Gasteiger partial charge < -0.3 is 24.7 Å². The van der Waals surface area contributed by atoms with Crippen LogP contribution in [0.4, 0.5) is 5.95 Å². The SMILES string of the molecule is COC(=O)Cn1cc(-c2cc(Cl)c(OCC[Si](C)(C)C)c(C(=O)NC(C)(C)CC(C)(C)C)c2)c2c(=O)n(C)c(NC(C)(C)CC(C)(C)C)nc21. The minimum atomic E-state index is -1.45. The summed E-state index contributed by atoms with van der Waals surface area (Å²) in [6.45, 7) is 28.0. The summed E-state index contributed by atoms with van der Waals surface area (Å²) in [6, 6.07) is 4.30. The maximum Gasteiger partial charge on any atom is 0.325 e. The van der Waals surface area contributed by atoms with Crippen molar-refractivity contribution in [1.29, 1.82) is 0 Å². The van der Waals surface area contributed by atoms with E-state index in [-0.39, 0.29) is 39.4 Å². The van der Waals surface area contributed by atoms with E-state index in [0.717, 1.165) is 18.9 Å². The number of nitrogens with one attached hydrogen (secondary N) is 2. The number of anilines is 1. The topological polar surface area (TPSA) is 116 Å². The number of ether oxygens (including phenoxy) is 2. The van der Waals surface area contributed by atoms with Crippen LogP contribution in [0, 0.1) is 10.8 Å². The van der Waals surface area contributed by atoms with E-state index >= 15 is 0 Å². The molecule has 2 aromatic heterocycles. The molecule has 0 saturated heterocycles. The monoisotopic (exact) mass is 729 g/mol. The van der Waals surface area contributed by atoms with Crippen molar-refractivity contribution in [2.45, 2.75) is 125 Å². The van der Waals surface area contributed by atoms with E-state index in [2.05, 4.69) is 85.7 Å². The second-order valence-corrected chi connectivity index (χ2v) is 24.6. The summed E-state index contributed by atoms with van der Waals surface area (Å²) < 4.78 is 14.3. The molecule has 0 spiro atoms. The molecule has 278 valence electrons. The molecule has 3 aromatic rings. The highest BCUT2D eigenvalue weighted by molar-refractivity contribution is 6.76. The number of benzene rings is 1. The van der Waals surface area contributed by atoms with E-state index in [1.807, 2.05) is 13.8 Å². The molecule has 0 bridgehead atoms. The Morgan fingerprint density at radius 3 is 2.06 bits per heavy atom. The maximum absolute atomic E-state index is 14.2. The van der Waals surface area contributed by atoms with Crippen molar-refractivity contribution in [3.05, 3.63) is 39.3 Å². The zero-order valence-corrected chi connectivity index (χ0v) is 34.8. The summed E-state index contributed by atoms with van der Waals surface area (Å²) >= 11 is 6.96. The van der Waals surface area contributed by atoms with Gasteiger partial charge in [-0.15, -0.1) is 0 Å². The van der Waals surface area contributed by atoms with Gasteiger partial charge in [-0.05, 0) is 75.1 Å². The fraction of sp³-hybridized carbons (Fsp3) is 0.632. The molecule has 10 nitrogen and oxygen atoms in total. The van der Waals surface area contributed by atoms with Gasteiger partial charge in [0.1, 0.15) is 6.54 Å². The van der Waals surface area contributed by atoms with E-state index in [0.29, 0.717) is 40.5 Å². The molecular formula is C38H60ClN5O5Si. The lowest BCUT2D eigenvalue weighted by Crippen LogP contribution is -2.46. The first-order valence-electron chi connectivity index (χ1n) is 17.4. The van der Waals surface area contributed by atoms with E-state index in [4.69, 9.17) is 26.1 Å². The molecule has 0 aliphatic rings. The standard InChI is InChI=1S/C38H60ClN5O5Si/c1-35(2,3)22-37(7,8)41-32(46)25-18-24(19-27(39)30(25)49-16-17-50(13,14)15)26-20-44(21-28(45)48-12)31-29(26)33(47)43(11)34(40-31)42-38(9,10)23-36(4,5)6/h18-20H,16-17,21-23H2,1-15H3,(H,40,42)(H,41,46). The van der Waals surface area contributed by atoms with Gasteiger partial charge in [-0.1, -0.05) is 72.8 Å². The minimum absolute atomic E-state index is 0.0214. The molecule has 0 aliphatic carbocycles. The first kappa shape index (κ1) is 41.1. The van der Waals surface area contributed by atoms with Gasteiger partial charge in [0, 0.05) is 38.0 Å². The summed E-state index contributed by atoms with van der Waals surface area (Å²) in [5.41, 5.74) is 0.333. The number of halogens is 1. The van der Waals surface area contributed by atoms with Crippen molar-refractivity contribution >= 4 is 48.5 Å². The van der Waals surface area contributed by atoms with Crippen LogP contribution in [0.2, 0.25) is 30.7 Å². The Balaban J connectivity index is 2.28. The molecule has 0 atom stereocenters. The molecule has 2 heterocycles. The van der Waals surface area contributed by atoms with Crippen molar-refractivity contribution in [2.24, 2.45) is 17.9 Å². The summed E-state index contributed by atoms with van der Waals surface area (Å²) in [5, 5.41) is 7.20. The van der Waals surface area contributed by atoms with Crippen molar-refractivity contribution in [1.82, 2.24) is 19.4 Å². The van der Waals surface area contributed by atoms with E-state index < -0.39 is 25.1 Å². The molecule has 0 fully saturated rings. The van der Waals surface area contributed by atoms with Crippen LogP contribution in [0.25, 0.3) is 22.2 Å². The van der Waals surface area contributed by atoms with Crippen molar-refractivity contribution in [2.75, 3.05) is 19.0 Å². The zero-order valence-electron chi connectivity index (χ0n) is 33.0. The van der Waals surface area contributed by atoms with Gasteiger partial charge in [0.25, 0.3) is 11.5 Å². The normalized spacial score (nSPS) is 13.0. The van der Waals surface area contributed by atoms with Crippen LogP contribution < -0.4 is 20.9 Å². The highest BCUT2D eigenvalue weighted by Crippen LogP contribution is 2.38. The molecule has 1 aromatic carbocycles. The third kappa shape index (κ3) is 11.1. The lowest BCUT2D eigenvalue weighted by molar-refractivity contribution is -0.141. The van der Waals surface area contributed by atoms with Crippen LogP contribution in [0.15, 0.2) is 23.1 Å². The van der Waals surface area contributed by atoms with Crippen LogP contribution in [-0.4, -0.2) is 58.9 Å². The first-order valence-corrected chi connectivity index (χ1v) is 21.4. The second kappa shape index (κ2) is 14.7. The van der Waals surface area contributed by atoms with Crippen molar-refractivity contribution < 1.29 is 19.1 Å². The fourth-order valence-electron chi connectivity index (χ4n) is 6.91. The Morgan fingerprint density at radius 2 is 1.52 bits per heavy atom. The van der Waals surface area contributed by atoms with E-state index in [1.54, 1.807) is 29.9 Å². The molecule has 1 amide bonds. The van der Waals surface area contributed by atoms with E-state index in [1.165, 1.54) is 11.7 Å². The van der Waals surface area contributed by atoms with Gasteiger partial charge in [0.05, 0.1) is 29.7 Å². The number of hydrogen-bond donors (Lipinski definition) is 2. The number of methoxy groups -OCH3 is 1. The van der Waals surface area contributed by atoms with Crippen LogP contribution in [0.1, 0.15) is 92.4 Å². The number of carbonyl (C=O) groups excluding carboxylic acids is 2. The summed E-state index contributed by atoms with van der Waals surface area (Å²) in [7, 11) is 1.54. The number of aromatic nitrogens is 3. The Hall–Kier alpha value is -3.31. The average Bonchev–Trinajstić information content (AvgIpc) is 3.25. The number of esters is 1. The average molecular weight is 730 g/mol. The molecule has 3 rings (SSSR count). The van der Waals surface area contributed by atoms with Gasteiger partial charge in [-0.25, -0.2) is 0 Å². The quantitative estimate of drug-likeness (QED) is 0.134. The molecule has 0 saturated carbocycles. The Morgan fingerprint density at radius 1 is 0.940 bits per heavy atom. The van der Waals surface area contributed by atoms with Gasteiger partial charge in [0.15, 0.2) is 11.4 Å².